The molecule has 2 N–H and O–H groups in total. The van der Waals surface area contributed by atoms with Gasteiger partial charge in [0.2, 0.25) is 17.7 Å². The molecule has 9 nitrogen and oxygen atoms in total. The van der Waals surface area contributed by atoms with E-state index in [1.807, 2.05) is 18.2 Å². The molecule has 0 aromatic heterocycles. The lowest BCUT2D eigenvalue weighted by Gasteiger charge is -2.54. The molecule has 236 valence electrons. The van der Waals surface area contributed by atoms with Gasteiger partial charge in [-0.3, -0.25) is 19.4 Å². The van der Waals surface area contributed by atoms with E-state index in [4.69, 9.17) is 0 Å². The fourth-order valence-electron chi connectivity index (χ4n) is 6.69. The Morgan fingerprint density at radius 1 is 1.00 bits per heavy atom. The van der Waals surface area contributed by atoms with Gasteiger partial charge in [0.15, 0.2) is 0 Å². The van der Waals surface area contributed by atoms with Crippen molar-refractivity contribution in [2.45, 2.75) is 50.6 Å². The van der Waals surface area contributed by atoms with Gasteiger partial charge in [0, 0.05) is 38.7 Å². The summed E-state index contributed by atoms with van der Waals surface area (Å²) in [5.41, 5.74) is 3.02. The molecule has 3 aliphatic heterocycles. The van der Waals surface area contributed by atoms with E-state index >= 15 is 0 Å². The summed E-state index contributed by atoms with van der Waals surface area (Å²) in [6, 6.07) is 16.6. The SMILES string of the molecule is CN1CC(=O)N2C(CN(Cc3cccc4c3NCC4)C(=O)[C@@H]2Cc2ccc(O)cc2)N1C(=O)CCc1ccccc1C(F)(F)F. The molecule has 3 aromatic rings. The second kappa shape index (κ2) is 12.1. The zero-order chi connectivity index (χ0) is 31.9. The Morgan fingerprint density at radius 2 is 1.73 bits per heavy atom. The summed E-state index contributed by atoms with van der Waals surface area (Å²) < 4.78 is 40.9. The van der Waals surface area contributed by atoms with Crippen LogP contribution in [0.3, 0.4) is 0 Å². The molecule has 3 amide bonds. The van der Waals surface area contributed by atoms with Gasteiger partial charge in [0.05, 0.1) is 18.7 Å². The fraction of sp³-hybridized carbons (Fsp3) is 0.364. The third-order valence-corrected chi connectivity index (χ3v) is 8.79. The van der Waals surface area contributed by atoms with E-state index in [-0.39, 0.29) is 62.0 Å². The average molecular weight is 622 g/mol. The molecule has 2 atom stereocenters. The fourth-order valence-corrected chi connectivity index (χ4v) is 6.69. The maximum atomic E-state index is 14.1. The molecule has 1 unspecified atom stereocenters. The van der Waals surface area contributed by atoms with E-state index in [0.29, 0.717) is 0 Å². The van der Waals surface area contributed by atoms with Gasteiger partial charge < -0.3 is 20.2 Å². The number of benzene rings is 3. The van der Waals surface area contributed by atoms with Gasteiger partial charge >= 0.3 is 6.18 Å². The number of nitrogens with one attached hydrogen (secondary N) is 1. The minimum absolute atomic E-state index is 0.0158. The zero-order valence-corrected chi connectivity index (χ0v) is 24.8. The minimum atomic E-state index is -4.55. The van der Waals surface area contributed by atoms with Crippen LogP contribution >= 0.6 is 0 Å². The van der Waals surface area contributed by atoms with Crippen molar-refractivity contribution >= 4 is 23.4 Å². The number of aromatic hydroxyl groups is 1. The number of carbonyl (C=O) groups excluding carboxylic acids is 3. The minimum Gasteiger partial charge on any atom is -0.508 e. The van der Waals surface area contributed by atoms with Crippen LogP contribution in [0.2, 0.25) is 0 Å². The summed E-state index contributed by atoms with van der Waals surface area (Å²) in [6.07, 6.45) is -4.73. The molecule has 3 aromatic carbocycles. The van der Waals surface area contributed by atoms with Crippen LogP contribution in [0.15, 0.2) is 66.7 Å². The van der Waals surface area contributed by atoms with Crippen molar-refractivity contribution in [3.63, 3.8) is 0 Å². The van der Waals surface area contributed by atoms with Gasteiger partial charge in [-0.25, -0.2) is 5.01 Å². The molecule has 6 rings (SSSR count). The Labute approximate surface area is 258 Å². The number of hydrogen-bond acceptors (Lipinski definition) is 6. The maximum Gasteiger partial charge on any atom is 0.416 e. The number of para-hydroxylation sites is 1. The summed E-state index contributed by atoms with van der Waals surface area (Å²) in [7, 11) is 1.60. The van der Waals surface area contributed by atoms with Gasteiger partial charge in [0.25, 0.3) is 0 Å². The number of hydrazine groups is 1. The molecule has 12 heteroatoms. The van der Waals surface area contributed by atoms with E-state index in [9.17, 15) is 32.7 Å². The number of nitrogens with zero attached hydrogens (tertiary/aromatic N) is 4. The highest BCUT2D eigenvalue weighted by Crippen LogP contribution is 2.34. The van der Waals surface area contributed by atoms with Crippen LogP contribution in [0.25, 0.3) is 0 Å². The van der Waals surface area contributed by atoms with Crippen LogP contribution in [0.4, 0.5) is 18.9 Å². The number of amides is 3. The van der Waals surface area contributed by atoms with Crippen molar-refractivity contribution in [3.05, 3.63) is 94.5 Å². The lowest BCUT2D eigenvalue weighted by Crippen LogP contribution is -2.75. The van der Waals surface area contributed by atoms with Crippen molar-refractivity contribution < 1.29 is 32.7 Å². The van der Waals surface area contributed by atoms with Crippen LogP contribution in [0.1, 0.15) is 34.2 Å². The van der Waals surface area contributed by atoms with Crippen LogP contribution in [-0.2, 0) is 46.4 Å². The first kappa shape index (κ1) is 30.4. The van der Waals surface area contributed by atoms with Gasteiger partial charge in [-0.2, -0.15) is 13.2 Å². The summed E-state index contributed by atoms with van der Waals surface area (Å²) in [5, 5.41) is 16.1. The van der Waals surface area contributed by atoms with E-state index in [1.165, 1.54) is 45.2 Å². The first-order chi connectivity index (χ1) is 21.5. The number of phenolic OH excluding ortho intramolecular Hbond substituents is 1. The predicted octanol–water partition coefficient (Wildman–Crippen LogP) is 3.81. The number of carbonyl (C=O) groups is 3. The Morgan fingerprint density at radius 3 is 2.49 bits per heavy atom. The molecule has 0 bridgehead atoms. The standard InChI is InChI=1S/C33H34F3N5O4/c1-38-20-30(44)40-27(17-21-9-12-25(42)13-10-21)32(45)39(18-24-7-4-6-23-15-16-37-31(23)24)19-28(40)41(38)29(43)14-11-22-5-2-3-8-26(22)33(34,35)36/h2-10,12-13,27-28,37,42H,11,14-20H2,1H3/t27-,28?/m0/s1. The van der Waals surface area contributed by atoms with E-state index in [1.54, 1.807) is 24.1 Å². The molecular formula is C33H34F3N5O4. The van der Waals surface area contributed by atoms with E-state index < -0.39 is 29.9 Å². The van der Waals surface area contributed by atoms with Crippen LogP contribution in [-0.4, -0.2) is 81.5 Å². The van der Waals surface area contributed by atoms with Crippen LogP contribution in [0, 0.1) is 0 Å². The predicted molar refractivity (Wildman–Crippen MR) is 160 cm³/mol. The molecule has 0 spiro atoms. The summed E-state index contributed by atoms with van der Waals surface area (Å²) in [4.78, 5) is 44.7. The van der Waals surface area contributed by atoms with Crippen molar-refractivity contribution in [2.24, 2.45) is 0 Å². The van der Waals surface area contributed by atoms with Gasteiger partial charge in [-0.05, 0) is 53.3 Å². The Balaban J connectivity index is 1.32. The van der Waals surface area contributed by atoms with Crippen LogP contribution < -0.4 is 5.32 Å². The Kier molecular flexibility index (Phi) is 8.17. The number of piperazine rings is 1. The van der Waals surface area contributed by atoms with Crippen molar-refractivity contribution in [3.8, 4) is 5.75 Å². The second-order valence-corrected chi connectivity index (χ2v) is 11.7. The van der Waals surface area contributed by atoms with Crippen molar-refractivity contribution in [1.82, 2.24) is 19.8 Å². The highest BCUT2D eigenvalue weighted by Gasteiger charge is 2.50. The van der Waals surface area contributed by atoms with E-state index in [0.717, 1.165) is 41.4 Å². The lowest BCUT2D eigenvalue weighted by molar-refractivity contribution is -0.202. The molecule has 3 heterocycles. The molecule has 0 saturated carbocycles. The monoisotopic (exact) mass is 621 g/mol. The van der Waals surface area contributed by atoms with Crippen LogP contribution in [0.5, 0.6) is 5.75 Å². The molecule has 45 heavy (non-hydrogen) atoms. The zero-order valence-electron chi connectivity index (χ0n) is 24.8. The van der Waals surface area contributed by atoms with Gasteiger partial charge in [-0.15, -0.1) is 0 Å². The number of likely N-dealkylation sites (N-methyl/N-ethyl adjacent to an activating group) is 1. The number of fused-ring (bicyclic) bond motifs is 2. The normalized spacial score (nSPS) is 20.2. The third kappa shape index (κ3) is 6.06. The highest BCUT2D eigenvalue weighted by molar-refractivity contribution is 5.92. The maximum absolute atomic E-state index is 14.1. The number of halogens is 3. The van der Waals surface area contributed by atoms with Gasteiger partial charge in [0.1, 0.15) is 18.0 Å². The van der Waals surface area contributed by atoms with Crippen molar-refractivity contribution in [2.75, 3.05) is 32.0 Å². The average Bonchev–Trinajstić information content (AvgIpc) is 3.49. The van der Waals surface area contributed by atoms with Gasteiger partial charge in [-0.1, -0.05) is 48.5 Å². The first-order valence-corrected chi connectivity index (χ1v) is 14.9. The molecule has 0 aliphatic carbocycles. The molecule has 0 radical (unpaired) electrons. The summed E-state index contributed by atoms with van der Waals surface area (Å²) >= 11 is 0. The first-order valence-electron chi connectivity index (χ1n) is 14.9. The molecular weight excluding hydrogens is 587 g/mol. The number of hydrogen-bond donors (Lipinski definition) is 2. The molecule has 3 aliphatic rings. The number of alkyl halides is 3. The second-order valence-electron chi connectivity index (χ2n) is 11.7. The summed E-state index contributed by atoms with van der Waals surface area (Å²) in [5.74, 6) is -0.970. The number of rotatable bonds is 7. The largest absolute Gasteiger partial charge is 0.508 e. The number of anilines is 1. The van der Waals surface area contributed by atoms with Crippen molar-refractivity contribution in [1.29, 1.82) is 0 Å². The number of phenols is 1. The molecule has 2 fully saturated rings. The Hall–Kier alpha value is -4.58. The third-order valence-electron chi connectivity index (χ3n) is 8.79. The summed E-state index contributed by atoms with van der Waals surface area (Å²) in [6.45, 7) is 0.913. The smallest absolute Gasteiger partial charge is 0.416 e. The number of aryl methyl sites for hydroxylation is 1. The highest BCUT2D eigenvalue weighted by atomic mass is 19.4. The Bertz CT molecular complexity index is 1610. The molecule has 2 saturated heterocycles. The lowest BCUT2D eigenvalue weighted by atomic mass is 9.97. The van der Waals surface area contributed by atoms with E-state index in [2.05, 4.69) is 5.32 Å². The quantitative estimate of drug-likeness (QED) is 0.417. The topological polar surface area (TPSA) is 96.4 Å².